The summed E-state index contributed by atoms with van der Waals surface area (Å²) >= 11 is 0. The van der Waals surface area contributed by atoms with E-state index in [1.807, 2.05) is 12.4 Å². The molecule has 1 fully saturated rings. The number of hydrogen-bond donors (Lipinski definition) is 0. The molecule has 1 amide bonds. The standard InChI is InChI=1S/C22H29N3O2/c1-27-15-14-25-13-10-23-22(25)18-8-11-24(12-9-18)21(26)16-19-7-6-17-4-2-3-5-20(17)19/h2-5,10,13,18-19H,6-9,11-12,14-16H2,1H3/t19-/m0/s1. The van der Waals surface area contributed by atoms with Crippen LogP contribution in [0.1, 0.15) is 54.5 Å². The van der Waals surface area contributed by atoms with Gasteiger partial charge in [0, 0.05) is 51.5 Å². The Hall–Kier alpha value is -2.14. The molecule has 144 valence electrons. The van der Waals surface area contributed by atoms with Gasteiger partial charge in [0.05, 0.1) is 6.61 Å². The smallest absolute Gasteiger partial charge is 0.223 e. The van der Waals surface area contributed by atoms with E-state index in [9.17, 15) is 4.79 Å². The topological polar surface area (TPSA) is 47.4 Å². The number of benzene rings is 1. The van der Waals surface area contributed by atoms with Gasteiger partial charge in [-0.3, -0.25) is 4.79 Å². The highest BCUT2D eigenvalue weighted by atomic mass is 16.5. The minimum atomic E-state index is 0.317. The zero-order valence-electron chi connectivity index (χ0n) is 16.1. The maximum Gasteiger partial charge on any atom is 0.223 e. The Bertz CT molecular complexity index is 777. The van der Waals surface area contributed by atoms with Crippen LogP contribution in [0.15, 0.2) is 36.7 Å². The van der Waals surface area contributed by atoms with Crippen molar-refractivity contribution in [1.82, 2.24) is 14.5 Å². The number of carbonyl (C=O) groups excluding carboxylic acids is 1. The third-order valence-electron chi connectivity index (χ3n) is 6.17. The molecule has 2 aromatic rings. The lowest BCUT2D eigenvalue weighted by molar-refractivity contribution is -0.132. The second-order valence-corrected chi connectivity index (χ2v) is 7.77. The average Bonchev–Trinajstić information content (AvgIpc) is 3.34. The molecule has 1 aromatic heterocycles. The minimum absolute atomic E-state index is 0.317. The Kier molecular flexibility index (Phi) is 5.58. The molecule has 2 heterocycles. The number of nitrogens with zero attached hydrogens (tertiary/aromatic N) is 3. The largest absolute Gasteiger partial charge is 0.383 e. The molecule has 0 bridgehead atoms. The highest BCUT2D eigenvalue weighted by Gasteiger charge is 2.30. The second kappa shape index (κ2) is 8.26. The normalized spacial score (nSPS) is 20.0. The first-order valence-corrected chi connectivity index (χ1v) is 10.1. The zero-order chi connectivity index (χ0) is 18.6. The van der Waals surface area contributed by atoms with E-state index in [4.69, 9.17) is 4.74 Å². The molecule has 1 aliphatic carbocycles. The number of aryl methyl sites for hydroxylation is 1. The second-order valence-electron chi connectivity index (χ2n) is 7.77. The van der Waals surface area contributed by atoms with Crippen molar-refractivity contribution in [2.45, 2.75) is 50.5 Å². The summed E-state index contributed by atoms with van der Waals surface area (Å²) in [6, 6.07) is 8.60. The van der Waals surface area contributed by atoms with Crippen LogP contribution in [0.25, 0.3) is 0 Å². The number of hydrogen-bond acceptors (Lipinski definition) is 3. The van der Waals surface area contributed by atoms with Crippen molar-refractivity contribution in [3.63, 3.8) is 0 Å². The van der Waals surface area contributed by atoms with Crippen molar-refractivity contribution in [3.05, 3.63) is 53.6 Å². The molecule has 0 N–H and O–H groups in total. The lowest BCUT2D eigenvalue weighted by atomic mass is 9.93. The third kappa shape index (κ3) is 3.93. The van der Waals surface area contributed by atoms with Crippen LogP contribution < -0.4 is 0 Å². The van der Waals surface area contributed by atoms with Gasteiger partial charge in [0.1, 0.15) is 5.82 Å². The van der Waals surface area contributed by atoms with Gasteiger partial charge in [-0.15, -0.1) is 0 Å². The van der Waals surface area contributed by atoms with E-state index in [0.29, 0.717) is 30.8 Å². The molecule has 1 saturated heterocycles. The van der Waals surface area contributed by atoms with Crippen LogP contribution in [0.5, 0.6) is 0 Å². The van der Waals surface area contributed by atoms with E-state index in [2.05, 4.69) is 38.7 Å². The van der Waals surface area contributed by atoms with Crippen LogP contribution in [0.4, 0.5) is 0 Å². The maximum atomic E-state index is 12.9. The molecule has 27 heavy (non-hydrogen) atoms. The van der Waals surface area contributed by atoms with E-state index in [0.717, 1.165) is 51.1 Å². The number of carbonyl (C=O) groups is 1. The van der Waals surface area contributed by atoms with Crippen LogP contribution in [-0.2, 0) is 22.5 Å². The third-order valence-corrected chi connectivity index (χ3v) is 6.17. The lowest BCUT2D eigenvalue weighted by Gasteiger charge is -2.32. The summed E-state index contributed by atoms with van der Waals surface area (Å²) in [5.74, 6) is 2.30. The summed E-state index contributed by atoms with van der Waals surface area (Å²) in [4.78, 5) is 19.5. The molecule has 1 aliphatic heterocycles. The Balaban J connectivity index is 1.32. The highest BCUT2D eigenvalue weighted by molar-refractivity contribution is 5.77. The number of piperidine rings is 1. The SMILES string of the molecule is COCCn1ccnc1C1CCN(C(=O)C[C@@H]2CCc3ccccc32)CC1. The average molecular weight is 367 g/mol. The van der Waals surface area contributed by atoms with Crippen LogP contribution in [0, 0.1) is 0 Å². The number of fused-ring (bicyclic) bond motifs is 1. The number of rotatable bonds is 6. The van der Waals surface area contributed by atoms with Crippen molar-refractivity contribution in [3.8, 4) is 0 Å². The van der Waals surface area contributed by atoms with Gasteiger partial charge in [0.15, 0.2) is 0 Å². The predicted molar refractivity (Wildman–Crippen MR) is 105 cm³/mol. The summed E-state index contributed by atoms with van der Waals surface area (Å²) in [6.45, 7) is 3.22. The first kappa shape index (κ1) is 18.2. The molecule has 0 unspecified atom stereocenters. The molecule has 2 aliphatic rings. The van der Waals surface area contributed by atoms with Crippen molar-refractivity contribution in [2.24, 2.45) is 0 Å². The van der Waals surface area contributed by atoms with Gasteiger partial charge in [-0.2, -0.15) is 0 Å². The molecular weight excluding hydrogens is 338 g/mol. The van der Waals surface area contributed by atoms with E-state index in [1.165, 1.54) is 11.1 Å². The van der Waals surface area contributed by atoms with Gasteiger partial charge < -0.3 is 14.2 Å². The highest BCUT2D eigenvalue weighted by Crippen LogP contribution is 2.36. The molecular formula is C22H29N3O2. The van der Waals surface area contributed by atoms with Crippen LogP contribution in [0.2, 0.25) is 0 Å². The first-order chi connectivity index (χ1) is 13.3. The van der Waals surface area contributed by atoms with Crippen molar-refractivity contribution >= 4 is 5.91 Å². The van der Waals surface area contributed by atoms with Gasteiger partial charge in [0.2, 0.25) is 5.91 Å². The van der Waals surface area contributed by atoms with E-state index < -0.39 is 0 Å². The van der Waals surface area contributed by atoms with Crippen molar-refractivity contribution < 1.29 is 9.53 Å². The molecule has 4 rings (SSSR count). The van der Waals surface area contributed by atoms with Gasteiger partial charge in [-0.05, 0) is 42.7 Å². The van der Waals surface area contributed by atoms with E-state index in [1.54, 1.807) is 7.11 Å². The zero-order valence-corrected chi connectivity index (χ0v) is 16.1. The molecule has 0 radical (unpaired) electrons. The Morgan fingerprint density at radius 3 is 2.85 bits per heavy atom. The fraction of sp³-hybridized carbons (Fsp3) is 0.545. The predicted octanol–water partition coefficient (Wildman–Crippen LogP) is 3.36. The van der Waals surface area contributed by atoms with Crippen molar-refractivity contribution in [2.75, 3.05) is 26.8 Å². The van der Waals surface area contributed by atoms with E-state index >= 15 is 0 Å². The Morgan fingerprint density at radius 2 is 2.04 bits per heavy atom. The summed E-state index contributed by atoms with van der Waals surface area (Å²) in [5.41, 5.74) is 2.82. The van der Waals surface area contributed by atoms with Crippen LogP contribution in [0.3, 0.4) is 0 Å². The Labute approximate surface area is 161 Å². The molecule has 0 spiro atoms. The van der Waals surface area contributed by atoms with Crippen LogP contribution >= 0.6 is 0 Å². The van der Waals surface area contributed by atoms with Gasteiger partial charge >= 0.3 is 0 Å². The van der Waals surface area contributed by atoms with Gasteiger partial charge in [-0.25, -0.2) is 4.98 Å². The molecule has 5 heteroatoms. The first-order valence-electron chi connectivity index (χ1n) is 10.1. The summed E-state index contributed by atoms with van der Waals surface area (Å²) < 4.78 is 7.39. The van der Waals surface area contributed by atoms with Crippen LogP contribution in [-0.4, -0.2) is 47.2 Å². The lowest BCUT2D eigenvalue weighted by Crippen LogP contribution is -2.38. The molecule has 5 nitrogen and oxygen atoms in total. The summed E-state index contributed by atoms with van der Waals surface area (Å²) in [7, 11) is 1.73. The van der Waals surface area contributed by atoms with Crippen molar-refractivity contribution in [1.29, 1.82) is 0 Å². The minimum Gasteiger partial charge on any atom is -0.383 e. The fourth-order valence-corrected chi connectivity index (χ4v) is 4.64. The quantitative estimate of drug-likeness (QED) is 0.787. The summed E-state index contributed by atoms with van der Waals surface area (Å²) in [5, 5.41) is 0. The number of methoxy groups -OCH3 is 1. The van der Waals surface area contributed by atoms with E-state index in [-0.39, 0.29) is 0 Å². The summed E-state index contributed by atoms with van der Waals surface area (Å²) in [6.07, 6.45) is 8.78. The number of likely N-dealkylation sites (tertiary alicyclic amines) is 1. The number of aromatic nitrogens is 2. The maximum absolute atomic E-state index is 12.9. The van der Waals surface area contributed by atoms with Gasteiger partial charge in [0.25, 0.3) is 0 Å². The fourth-order valence-electron chi connectivity index (χ4n) is 4.64. The number of ether oxygens (including phenoxy) is 1. The number of imidazole rings is 1. The monoisotopic (exact) mass is 367 g/mol. The van der Waals surface area contributed by atoms with Gasteiger partial charge in [-0.1, -0.05) is 24.3 Å². The Morgan fingerprint density at radius 1 is 1.22 bits per heavy atom. The molecule has 0 saturated carbocycles. The molecule has 1 aromatic carbocycles. The number of amides is 1. The molecule has 1 atom stereocenters.